The Bertz CT molecular complexity index is 600. The third kappa shape index (κ3) is 2.65. The molecule has 5 nitrogen and oxygen atoms in total. The molecule has 3 N–H and O–H groups in total. The summed E-state index contributed by atoms with van der Waals surface area (Å²) in [6.07, 6.45) is 4.84. The van der Waals surface area contributed by atoms with E-state index in [1.165, 1.54) is 0 Å². The van der Waals surface area contributed by atoms with Crippen LogP contribution in [0.1, 0.15) is 15.9 Å². The standard InChI is InChI=1S/C12H11BrN4O/c1-7-5-15-3-2-10(7)17-12(18)9-4-8(13)6-16-11(9)14/h2-6H,1H3,(H2,14,16)(H,15,17,18). The molecule has 0 spiro atoms. The Balaban J connectivity index is 2.28. The van der Waals surface area contributed by atoms with E-state index in [9.17, 15) is 4.79 Å². The number of nitrogens with two attached hydrogens (primary N) is 1. The summed E-state index contributed by atoms with van der Waals surface area (Å²) in [5.74, 6) is -0.0991. The maximum Gasteiger partial charge on any atom is 0.259 e. The van der Waals surface area contributed by atoms with Crippen molar-refractivity contribution in [3.63, 3.8) is 0 Å². The molecule has 92 valence electrons. The number of hydrogen-bond donors (Lipinski definition) is 2. The van der Waals surface area contributed by atoms with Gasteiger partial charge in [-0.1, -0.05) is 0 Å². The topological polar surface area (TPSA) is 80.9 Å². The molecule has 0 unspecified atom stereocenters. The lowest BCUT2D eigenvalue weighted by Gasteiger charge is -2.09. The normalized spacial score (nSPS) is 10.1. The highest BCUT2D eigenvalue weighted by molar-refractivity contribution is 9.10. The lowest BCUT2D eigenvalue weighted by Crippen LogP contribution is -2.15. The van der Waals surface area contributed by atoms with Crippen LogP contribution >= 0.6 is 15.9 Å². The zero-order chi connectivity index (χ0) is 13.1. The van der Waals surface area contributed by atoms with E-state index in [2.05, 4.69) is 31.2 Å². The minimum atomic E-state index is -0.296. The van der Waals surface area contributed by atoms with Crippen molar-refractivity contribution in [3.8, 4) is 0 Å². The monoisotopic (exact) mass is 306 g/mol. The highest BCUT2D eigenvalue weighted by Gasteiger charge is 2.12. The molecule has 2 aromatic heterocycles. The zero-order valence-corrected chi connectivity index (χ0v) is 11.2. The molecule has 1 amide bonds. The molecular weight excluding hydrogens is 296 g/mol. The molecule has 2 heterocycles. The predicted molar refractivity (Wildman–Crippen MR) is 73.3 cm³/mol. The number of amides is 1. The second kappa shape index (κ2) is 5.14. The molecule has 2 aromatic rings. The number of nitrogens with zero attached hydrogens (tertiary/aromatic N) is 2. The molecule has 0 saturated heterocycles. The Labute approximate surface area is 113 Å². The maximum atomic E-state index is 12.1. The molecule has 6 heteroatoms. The fourth-order valence-electron chi connectivity index (χ4n) is 1.44. The first-order chi connectivity index (χ1) is 8.58. The molecule has 0 aliphatic carbocycles. The first-order valence-corrected chi connectivity index (χ1v) is 6.00. The molecule has 0 fully saturated rings. The molecule has 0 radical (unpaired) electrons. The van der Waals surface area contributed by atoms with Crippen LogP contribution in [0.25, 0.3) is 0 Å². The van der Waals surface area contributed by atoms with Crippen LogP contribution in [0, 0.1) is 6.92 Å². The van der Waals surface area contributed by atoms with Gasteiger partial charge in [-0.3, -0.25) is 9.78 Å². The quantitative estimate of drug-likeness (QED) is 0.892. The van der Waals surface area contributed by atoms with E-state index in [4.69, 9.17) is 5.73 Å². The lowest BCUT2D eigenvalue weighted by atomic mass is 10.2. The number of nitrogens with one attached hydrogen (secondary N) is 1. The fraction of sp³-hybridized carbons (Fsp3) is 0.0833. The first-order valence-electron chi connectivity index (χ1n) is 5.21. The molecule has 0 atom stereocenters. The number of aryl methyl sites for hydroxylation is 1. The zero-order valence-electron chi connectivity index (χ0n) is 9.64. The lowest BCUT2D eigenvalue weighted by molar-refractivity contribution is 0.102. The van der Waals surface area contributed by atoms with Crippen molar-refractivity contribution in [2.24, 2.45) is 0 Å². The molecule has 2 rings (SSSR count). The Morgan fingerprint density at radius 1 is 1.44 bits per heavy atom. The largest absolute Gasteiger partial charge is 0.383 e. The Hall–Kier alpha value is -1.95. The predicted octanol–water partition coefficient (Wildman–Crippen LogP) is 2.38. The van der Waals surface area contributed by atoms with Crippen LogP contribution in [-0.4, -0.2) is 15.9 Å². The van der Waals surface area contributed by atoms with Crippen LogP contribution in [0.5, 0.6) is 0 Å². The van der Waals surface area contributed by atoms with Crippen molar-refractivity contribution < 1.29 is 4.79 Å². The molecule has 0 aromatic carbocycles. The summed E-state index contributed by atoms with van der Waals surface area (Å²) < 4.78 is 0.702. The molecule has 0 bridgehead atoms. The second-order valence-corrected chi connectivity index (χ2v) is 4.65. The second-order valence-electron chi connectivity index (χ2n) is 3.73. The number of carbonyl (C=O) groups excluding carboxylic acids is 1. The number of carbonyl (C=O) groups is 1. The molecule has 0 saturated carbocycles. The first kappa shape index (κ1) is 12.5. The van der Waals surface area contributed by atoms with E-state index in [-0.39, 0.29) is 11.7 Å². The average molecular weight is 307 g/mol. The minimum absolute atomic E-state index is 0.197. The molecule has 18 heavy (non-hydrogen) atoms. The summed E-state index contributed by atoms with van der Waals surface area (Å²) in [5, 5.41) is 2.77. The summed E-state index contributed by atoms with van der Waals surface area (Å²) in [5.41, 5.74) is 7.60. The summed E-state index contributed by atoms with van der Waals surface area (Å²) in [4.78, 5) is 19.9. The van der Waals surface area contributed by atoms with Gasteiger partial charge >= 0.3 is 0 Å². The van der Waals surface area contributed by atoms with Gasteiger partial charge in [-0.15, -0.1) is 0 Å². The average Bonchev–Trinajstić information content (AvgIpc) is 2.35. The van der Waals surface area contributed by atoms with Gasteiger partial charge in [0.2, 0.25) is 0 Å². The van der Waals surface area contributed by atoms with Crippen LogP contribution in [0.15, 0.2) is 35.2 Å². The maximum absolute atomic E-state index is 12.1. The van der Waals surface area contributed by atoms with Crippen molar-refractivity contribution in [1.82, 2.24) is 9.97 Å². The molecular formula is C12H11BrN4O. The minimum Gasteiger partial charge on any atom is -0.383 e. The van der Waals surface area contributed by atoms with Crippen LogP contribution in [0.2, 0.25) is 0 Å². The fourth-order valence-corrected chi connectivity index (χ4v) is 1.77. The van der Waals surface area contributed by atoms with Crippen molar-refractivity contribution in [3.05, 3.63) is 46.3 Å². The number of rotatable bonds is 2. The van der Waals surface area contributed by atoms with E-state index in [0.717, 1.165) is 5.56 Å². The van der Waals surface area contributed by atoms with Gasteiger partial charge in [0, 0.05) is 28.8 Å². The van der Waals surface area contributed by atoms with Gasteiger partial charge in [-0.2, -0.15) is 0 Å². The van der Waals surface area contributed by atoms with Crippen molar-refractivity contribution >= 4 is 33.3 Å². The van der Waals surface area contributed by atoms with Gasteiger partial charge in [0.25, 0.3) is 5.91 Å². The van der Waals surface area contributed by atoms with Crippen molar-refractivity contribution in [2.75, 3.05) is 11.1 Å². The van der Waals surface area contributed by atoms with Crippen LogP contribution in [0.4, 0.5) is 11.5 Å². The van der Waals surface area contributed by atoms with Crippen LogP contribution in [-0.2, 0) is 0 Å². The highest BCUT2D eigenvalue weighted by Crippen LogP contribution is 2.18. The van der Waals surface area contributed by atoms with E-state index >= 15 is 0 Å². The van der Waals surface area contributed by atoms with Gasteiger partial charge in [-0.05, 0) is 40.5 Å². The van der Waals surface area contributed by atoms with Crippen LogP contribution < -0.4 is 11.1 Å². The van der Waals surface area contributed by atoms with E-state index < -0.39 is 0 Å². The van der Waals surface area contributed by atoms with Gasteiger partial charge in [-0.25, -0.2) is 4.98 Å². The Morgan fingerprint density at radius 3 is 2.94 bits per heavy atom. The van der Waals surface area contributed by atoms with E-state index in [1.54, 1.807) is 30.7 Å². The number of halogens is 1. The van der Waals surface area contributed by atoms with Gasteiger partial charge < -0.3 is 11.1 Å². The Kier molecular flexibility index (Phi) is 3.57. The SMILES string of the molecule is Cc1cnccc1NC(=O)c1cc(Br)cnc1N. The summed E-state index contributed by atoms with van der Waals surface area (Å²) >= 11 is 3.26. The molecule has 0 aliphatic heterocycles. The summed E-state index contributed by atoms with van der Waals surface area (Å²) in [6.45, 7) is 1.87. The smallest absolute Gasteiger partial charge is 0.259 e. The third-order valence-electron chi connectivity index (χ3n) is 2.40. The van der Waals surface area contributed by atoms with E-state index in [0.29, 0.717) is 15.7 Å². The molecule has 0 aliphatic rings. The summed E-state index contributed by atoms with van der Waals surface area (Å²) in [7, 11) is 0. The summed E-state index contributed by atoms with van der Waals surface area (Å²) in [6, 6.07) is 3.36. The number of aromatic nitrogens is 2. The number of anilines is 2. The van der Waals surface area contributed by atoms with Gasteiger partial charge in [0.15, 0.2) is 0 Å². The van der Waals surface area contributed by atoms with Crippen molar-refractivity contribution in [1.29, 1.82) is 0 Å². The van der Waals surface area contributed by atoms with Crippen LogP contribution in [0.3, 0.4) is 0 Å². The Morgan fingerprint density at radius 2 is 2.22 bits per heavy atom. The van der Waals surface area contributed by atoms with Crippen molar-refractivity contribution in [2.45, 2.75) is 6.92 Å². The van der Waals surface area contributed by atoms with Gasteiger partial charge in [0.1, 0.15) is 5.82 Å². The number of hydrogen-bond acceptors (Lipinski definition) is 4. The highest BCUT2D eigenvalue weighted by atomic mass is 79.9. The van der Waals surface area contributed by atoms with Gasteiger partial charge in [0.05, 0.1) is 5.56 Å². The number of pyridine rings is 2. The number of nitrogen functional groups attached to an aromatic ring is 1. The third-order valence-corrected chi connectivity index (χ3v) is 2.83. The van der Waals surface area contributed by atoms with E-state index in [1.807, 2.05) is 6.92 Å².